The van der Waals surface area contributed by atoms with Gasteiger partial charge in [0.1, 0.15) is 0 Å². The first-order valence-corrected chi connectivity index (χ1v) is 18.5. The topological polar surface area (TPSA) is 83.5 Å². The second-order valence-electron chi connectivity index (χ2n) is 16.6. The normalized spacial score (nSPS) is 43.3. The third kappa shape index (κ3) is 4.27. The molecule has 5 aliphatic carbocycles. The molecule has 0 aliphatic heterocycles. The average Bonchev–Trinajstić information content (AvgIpc) is 3.29. The summed E-state index contributed by atoms with van der Waals surface area (Å²) in [5, 5.41) is 10.6. The molecule has 6 rings (SSSR count). The van der Waals surface area contributed by atoms with Gasteiger partial charge >= 0.3 is 5.97 Å². The zero-order valence-corrected chi connectivity index (χ0v) is 28.2. The van der Waals surface area contributed by atoms with Gasteiger partial charge in [0.25, 0.3) is 0 Å². The van der Waals surface area contributed by atoms with Gasteiger partial charge in [-0.05, 0) is 139 Å². The van der Waals surface area contributed by atoms with Crippen LogP contribution in [0.25, 0.3) is 5.57 Å². The molecule has 1 aromatic rings. The highest BCUT2D eigenvalue weighted by Gasteiger charge is 2.71. The van der Waals surface area contributed by atoms with Crippen LogP contribution in [0.4, 0.5) is 5.69 Å². The van der Waals surface area contributed by atoms with Gasteiger partial charge in [-0.15, -0.1) is 0 Å². The summed E-state index contributed by atoms with van der Waals surface area (Å²) < 4.78 is 26.5. The SMILES string of the molecule is C=C(C)[C@@H]1CC[C@]2(C(=O)O)CC[C@]3(C)[C@H](CC[C@@H]4[C@@]5(C)CC=C(c6cccc(NS(C)(=O)=O)c6)C(C)(C)[C@@H]5CC[C@]43C)[C@@H]12. The summed E-state index contributed by atoms with van der Waals surface area (Å²) in [5.41, 5.74) is 4.02. The molecule has 5 nitrogen and oxygen atoms in total. The minimum atomic E-state index is -3.35. The first kappa shape index (κ1) is 30.9. The molecule has 1 aromatic carbocycles. The van der Waals surface area contributed by atoms with Crippen LogP contribution in [-0.4, -0.2) is 25.7 Å². The van der Waals surface area contributed by atoms with Crippen molar-refractivity contribution in [1.29, 1.82) is 0 Å². The van der Waals surface area contributed by atoms with Gasteiger partial charge in [0, 0.05) is 5.69 Å². The lowest BCUT2D eigenvalue weighted by molar-refractivity contribution is -0.227. The van der Waals surface area contributed by atoms with Crippen molar-refractivity contribution in [1.82, 2.24) is 0 Å². The van der Waals surface area contributed by atoms with E-state index in [1.807, 2.05) is 18.2 Å². The summed E-state index contributed by atoms with van der Waals surface area (Å²) in [6, 6.07) is 7.89. The van der Waals surface area contributed by atoms with Crippen molar-refractivity contribution in [2.75, 3.05) is 11.0 Å². The van der Waals surface area contributed by atoms with Crippen molar-refractivity contribution < 1.29 is 18.3 Å². The number of aliphatic carboxylic acids is 1. The second-order valence-corrected chi connectivity index (χ2v) is 18.4. The lowest BCUT2D eigenvalue weighted by Gasteiger charge is -2.72. The zero-order chi connectivity index (χ0) is 31.4. The summed E-state index contributed by atoms with van der Waals surface area (Å²) >= 11 is 0. The van der Waals surface area contributed by atoms with E-state index in [-0.39, 0.29) is 27.6 Å². The van der Waals surface area contributed by atoms with E-state index in [1.165, 1.54) is 30.2 Å². The van der Waals surface area contributed by atoms with Crippen molar-refractivity contribution in [3.63, 3.8) is 0 Å². The van der Waals surface area contributed by atoms with Crippen molar-refractivity contribution >= 4 is 27.3 Å². The highest BCUT2D eigenvalue weighted by atomic mass is 32.2. The molecule has 0 saturated heterocycles. The molecule has 4 saturated carbocycles. The Morgan fingerprint density at radius 3 is 2.33 bits per heavy atom. The van der Waals surface area contributed by atoms with Gasteiger partial charge in [0.2, 0.25) is 10.0 Å². The molecule has 0 radical (unpaired) electrons. The second kappa shape index (κ2) is 9.71. The highest BCUT2D eigenvalue weighted by molar-refractivity contribution is 7.92. The maximum atomic E-state index is 12.9. The number of hydrogen-bond donors (Lipinski definition) is 2. The molecule has 236 valence electrons. The Morgan fingerprint density at radius 1 is 0.953 bits per heavy atom. The van der Waals surface area contributed by atoms with E-state index >= 15 is 0 Å². The van der Waals surface area contributed by atoms with Gasteiger partial charge in [0.15, 0.2) is 0 Å². The van der Waals surface area contributed by atoms with Crippen molar-refractivity contribution in [2.45, 2.75) is 99.3 Å². The van der Waals surface area contributed by atoms with Crippen LogP contribution in [0, 0.1) is 56.7 Å². The number of hydrogen-bond acceptors (Lipinski definition) is 3. The Balaban J connectivity index is 1.37. The third-order valence-corrected chi connectivity index (χ3v) is 15.2. The van der Waals surface area contributed by atoms with Crippen LogP contribution in [-0.2, 0) is 14.8 Å². The Kier molecular flexibility index (Phi) is 6.98. The number of allylic oxidation sites excluding steroid dienone is 3. The Morgan fingerprint density at radius 2 is 1.67 bits per heavy atom. The summed E-state index contributed by atoms with van der Waals surface area (Å²) in [5.74, 6) is 1.48. The monoisotopic (exact) mass is 607 g/mol. The summed E-state index contributed by atoms with van der Waals surface area (Å²) in [6.07, 6.45) is 12.9. The Bertz CT molecular complexity index is 1490. The Hall–Kier alpha value is -2.08. The number of rotatable bonds is 5. The molecular formula is C37H53NO4S. The van der Waals surface area contributed by atoms with Crippen LogP contribution in [0.3, 0.4) is 0 Å². The first-order chi connectivity index (χ1) is 19.9. The van der Waals surface area contributed by atoms with Gasteiger partial charge in [-0.2, -0.15) is 0 Å². The van der Waals surface area contributed by atoms with Gasteiger partial charge in [-0.1, -0.05) is 65.0 Å². The van der Waals surface area contributed by atoms with E-state index in [2.05, 4.69) is 65.0 Å². The van der Waals surface area contributed by atoms with E-state index in [1.54, 1.807) is 0 Å². The number of benzene rings is 1. The van der Waals surface area contributed by atoms with Crippen LogP contribution in [0.2, 0.25) is 0 Å². The zero-order valence-electron chi connectivity index (χ0n) is 27.4. The molecule has 9 atom stereocenters. The average molecular weight is 608 g/mol. The minimum absolute atomic E-state index is 0.0582. The Labute approximate surface area is 260 Å². The third-order valence-electron chi connectivity index (χ3n) is 14.5. The van der Waals surface area contributed by atoms with Gasteiger partial charge in [0.05, 0.1) is 11.7 Å². The van der Waals surface area contributed by atoms with Crippen molar-refractivity contribution in [3.8, 4) is 0 Å². The fourth-order valence-corrected chi connectivity index (χ4v) is 13.1. The van der Waals surface area contributed by atoms with Crippen molar-refractivity contribution in [2.24, 2.45) is 56.7 Å². The van der Waals surface area contributed by atoms with Gasteiger partial charge in [-0.3, -0.25) is 9.52 Å². The molecule has 0 aromatic heterocycles. The standard InChI is InChI=1S/C37H53NO4S/c1-23(2)26-14-19-37(32(39)40)21-20-35(6)28(31(26)37)12-13-30-34(5)17-15-27(33(3,4)29(34)16-18-36(30,35)7)24-10-9-11-25(22-24)38-43(8,41)42/h9-11,15,22,26,28-31,38H,1,12-14,16-21H2,2-8H3,(H,39,40)/t26-,28+,29-,30+,31+,34-,35+,36+,37-/m0/s1. The predicted octanol–water partition coefficient (Wildman–Crippen LogP) is 8.79. The molecule has 2 N–H and O–H groups in total. The van der Waals surface area contributed by atoms with E-state index in [4.69, 9.17) is 0 Å². The molecule has 0 bridgehead atoms. The number of fused-ring (bicyclic) bond motifs is 7. The molecule has 0 spiro atoms. The van der Waals surface area contributed by atoms with E-state index in [0.717, 1.165) is 50.5 Å². The molecule has 43 heavy (non-hydrogen) atoms. The number of carboxylic acid groups (broad SMARTS) is 1. The number of carbonyl (C=O) groups is 1. The highest BCUT2D eigenvalue weighted by Crippen LogP contribution is 2.77. The first-order valence-electron chi connectivity index (χ1n) is 16.6. The van der Waals surface area contributed by atoms with Gasteiger partial charge < -0.3 is 5.11 Å². The van der Waals surface area contributed by atoms with Crippen LogP contribution >= 0.6 is 0 Å². The van der Waals surface area contributed by atoms with Crippen LogP contribution in [0.5, 0.6) is 0 Å². The van der Waals surface area contributed by atoms with Crippen molar-refractivity contribution in [3.05, 3.63) is 48.1 Å². The van der Waals surface area contributed by atoms with Crippen LogP contribution in [0.1, 0.15) is 105 Å². The predicted molar refractivity (Wildman–Crippen MR) is 175 cm³/mol. The lowest BCUT2D eigenvalue weighted by Crippen LogP contribution is -2.65. The maximum absolute atomic E-state index is 12.9. The van der Waals surface area contributed by atoms with E-state index in [9.17, 15) is 18.3 Å². The number of sulfonamides is 1. The quantitative estimate of drug-likeness (QED) is 0.328. The lowest BCUT2D eigenvalue weighted by atomic mass is 9.32. The van der Waals surface area contributed by atoms with Crippen LogP contribution in [0.15, 0.2) is 42.5 Å². The number of nitrogens with one attached hydrogen (secondary N) is 1. The van der Waals surface area contributed by atoms with E-state index < -0.39 is 21.4 Å². The largest absolute Gasteiger partial charge is 0.481 e. The molecule has 0 unspecified atom stereocenters. The molecule has 5 aliphatic rings. The smallest absolute Gasteiger partial charge is 0.309 e. The fourth-order valence-electron chi connectivity index (χ4n) is 12.6. The summed E-state index contributed by atoms with van der Waals surface area (Å²) in [7, 11) is -3.35. The minimum Gasteiger partial charge on any atom is -0.481 e. The molecule has 0 amide bonds. The fraction of sp³-hybridized carbons (Fsp3) is 0.703. The summed E-state index contributed by atoms with van der Waals surface area (Å²) in [6.45, 7) is 19.0. The number of anilines is 1. The maximum Gasteiger partial charge on any atom is 0.309 e. The van der Waals surface area contributed by atoms with E-state index in [0.29, 0.717) is 29.4 Å². The molecule has 6 heteroatoms. The molecular weight excluding hydrogens is 554 g/mol. The molecule has 4 fully saturated rings. The van der Waals surface area contributed by atoms with Crippen LogP contribution < -0.4 is 4.72 Å². The molecule has 0 heterocycles. The van der Waals surface area contributed by atoms with Gasteiger partial charge in [-0.25, -0.2) is 8.42 Å². The summed E-state index contributed by atoms with van der Waals surface area (Å²) in [4.78, 5) is 12.9. The number of carboxylic acids is 1.